The Kier molecular flexibility index (Phi) is 51.4. The SMILES string of the molecule is CC(C)(C)OC(=O)CN=C(c1ccccc1)c1ccccc1.CCCCCCC(N)C(=O)OC(C)(C)C.CCCCCCC(N=C(c1ccccc1)c1ccccc1)C(=O)OC(C)(C)C.CCCCCCC(NC(=O)CCC(=O)O)C(=O)OC(C)(C)C.CCCCCCI.CCc1c2c(nc3ccc(OC(=O)OC(C)(C)C)cc13)-c1cc3c(c(=O)n1C2)COC(=O)[C@]3(O)CC.O=C1CCC(=O)O1. The Balaban J connectivity index is 0.000000353. The van der Waals surface area contributed by atoms with Gasteiger partial charge < -0.3 is 63.7 Å². The van der Waals surface area contributed by atoms with E-state index in [1.807, 2.05) is 191 Å². The first kappa shape index (κ1) is 118. The highest BCUT2D eigenvalue weighted by atomic mass is 127. The van der Waals surface area contributed by atoms with Gasteiger partial charge >= 0.3 is 53.9 Å². The van der Waals surface area contributed by atoms with Gasteiger partial charge in [-0.2, -0.15) is 0 Å². The molecule has 3 aliphatic rings. The lowest BCUT2D eigenvalue weighted by Crippen LogP contribution is -2.44. The maximum absolute atomic E-state index is 13.4. The first-order valence-electron chi connectivity index (χ1n) is 48.4. The molecule has 2 aromatic heterocycles. The Hall–Kier alpha value is -10.9. The second-order valence-corrected chi connectivity index (χ2v) is 39.8. The van der Waals surface area contributed by atoms with E-state index in [4.69, 9.17) is 54.0 Å². The molecule has 0 aliphatic carbocycles. The lowest BCUT2D eigenvalue weighted by atomic mass is 9.86. The van der Waals surface area contributed by atoms with Crippen molar-refractivity contribution in [2.75, 3.05) is 11.0 Å². The number of aryl methyl sites for hydroxylation is 1. The number of alkyl halides is 1. The predicted octanol–water partition coefficient (Wildman–Crippen LogP) is 22.2. The van der Waals surface area contributed by atoms with E-state index in [-0.39, 0.29) is 79.8 Å². The van der Waals surface area contributed by atoms with Crippen molar-refractivity contribution in [2.45, 2.75) is 371 Å². The summed E-state index contributed by atoms with van der Waals surface area (Å²) >= 11 is 2.43. The van der Waals surface area contributed by atoms with Gasteiger partial charge in [0.15, 0.2) is 5.60 Å². The van der Waals surface area contributed by atoms with Crippen LogP contribution in [0.25, 0.3) is 22.3 Å². The monoisotopic (exact) mass is 2010 g/mol. The molecule has 0 spiro atoms. The Bertz CT molecular complexity index is 5000. The van der Waals surface area contributed by atoms with Crippen LogP contribution in [0.15, 0.2) is 160 Å². The molecule has 752 valence electrons. The van der Waals surface area contributed by atoms with Crippen LogP contribution in [0.2, 0.25) is 0 Å². The summed E-state index contributed by atoms with van der Waals surface area (Å²) in [5.74, 6) is -3.99. The fourth-order valence-corrected chi connectivity index (χ4v) is 14.7. The number of carboxylic acids is 1. The fourth-order valence-electron chi connectivity index (χ4n) is 14.2. The number of ether oxygens (including phenoxy) is 8. The number of fused-ring (bicyclic) bond motifs is 5. The highest BCUT2D eigenvalue weighted by molar-refractivity contribution is 14.1. The van der Waals surface area contributed by atoms with Gasteiger partial charge in [-0.05, 0) is 177 Å². The topological polar surface area (TPSA) is 383 Å². The summed E-state index contributed by atoms with van der Waals surface area (Å²) in [6.07, 6.45) is 20.6. The maximum Gasteiger partial charge on any atom is 0.514 e. The van der Waals surface area contributed by atoms with Crippen LogP contribution in [-0.4, -0.2) is 148 Å². The van der Waals surface area contributed by atoms with Crippen LogP contribution in [0.3, 0.4) is 0 Å². The molecular formula is C109H153IN6O21. The van der Waals surface area contributed by atoms with Crippen LogP contribution in [0.5, 0.6) is 5.75 Å². The van der Waals surface area contributed by atoms with E-state index in [0.717, 1.165) is 108 Å². The second-order valence-electron chi connectivity index (χ2n) is 38.7. The molecule has 5 N–H and O–H groups in total. The first-order chi connectivity index (χ1) is 64.5. The van der Waals surface area contributed by atoms with E-state index in [1.165, 1.54) is 55.8 Å². The Morgan fingerprint density at radius 3 is 1.42 bits per heavy atom. The van der Waals surface area contributed by atoms with Gasteiger partial charge in [0.2, 0.25) is 5.91 Å². The normalized spacial score (nSPS) is 14.1. The molecule has 7 aromatic rings. The summed E-state index contributed by atoms with van der Waals surface area (Å²) in [6, 6.07) is 45.0. The van der Waals surface area contributed by atoms with Crippen LogP contribution in [0.1, 0.15) is 344 Å². The third kappa shape index (κ3) is 44.7. The Morgan fingerprint density at radius 1 is 0.533 bits per heavy atom. The molecule has 5 aromatic carbocycles. The Morgan fingerprint density at radius 2 is 0.985 bits per heavy atom. The molecular weight excluding hydrogens is 1860 g/mol. The molecule has 28 heteroatoms. The summed E-state index contributed by atoms with van der Waals surface area (Å²) in [4.78, 5) is 143. The number of amides is 1. The number of aliphatic imine (C=N–C) groups is 2. The van der Waals surface area contributed by atoms with Gasteiger partial charge in [-0.25, -0.2) is 24.2 Å². The summed E-state index contributed by atoms with van der Waals surface area (Å²) < 4.78 is 44.3. The number of aliphatic carboxylic acids is 1. The van der Waals surface area contributed by atoms with E-state index in [0.29, 0.717) is 48.5 Å². The molecule has 0 saturated carbocycles. The molecule has 1 amide bonds. The number of pyridine rings is 2. The third-order valence-electron chi connectivity index (χ3n) is 20.8. The molecule has 3 aliphatic heterocycles. The molecule has 1 saturated heterocycles. The van der Waals surface area contributed by atoms with E-state index in [9.17, 15) is 57.8 Å². The minimum Gasteiger partial charge on any atom is -0.481 e. The van der Waals surface area contributed by atoms with Gasteiger partial charge in [0.25, 0.3) is 5.56 Å². The number of nitrogens with two attached hydrogens (primary N) is 1. The summed E-state index contributed by atoms with van der Waals surface area (Å²) in [7, 11) is 0. The predicted molar refractivity (Wildman–Crippen MR) is 546 cm³/mol. The van der Waals surface area contributed by atoms with Crippen LogP contribution in [0.4, 0.5) is 4.79 Å². The highest BCUT2D eigenvalue weighted by Gasteiger charge is 2.46. The minimum absolute atomic E-state index is 0.0103. The molecule has 137 heavy (non-hydrogen) atoms. The number of carbonyl (C=O) groups is 10. The lowest BCUT2D eigenvalue weighted by Gasteiger charge is -2.31. The number of aromatic nitrogens is 2. The van der Waals surface area contributed by atoms with Crippen LogP contribution >= 0.6 is 22.6 Å². The number of nitrogens with one attached hydrogen (secondary N) is 1. The largest absolute Gasteiger partial charge is 0.514 e. The molecule has 4 atom stereocenters. The van der Waals surface area contributed by atoms with E-state index in [1.54, 1.807) is 77.3 Å². The van der Waals surface area contributed by atoms with Gasteiger partial charge in [-0.3, -0.25) is 43.5 Å². The van der Waals surface area contributed by atoms with Crippen molar-refractivity contribution < 1.29 is 96.1 Å². The summed E-state index contributed by atoms with van der Waals surface area (Å²) in [5.41, 5.74) is 10.7. The van der Waals surface area contributed by atoms with Gasteiger partial charge in [0.1, 0.15) is 65.0 Å². The molecule has 1 fully saturated rings. The number of rotatable bonds is 36. The Labute approximate surface area is 825 Å². The number of unbranched alkanes of at least 4 members (excludes halogenated alkanes) is 12. The number of carboxylic acid groups (broad SMARTS) is 1. The number of halogens is 1. The first-order valence-corrected chi connectivity index (χ1v) is 49.9. The zero-order chi connectivity index (χ0) is 102. The van der Waals surface area contributed by atoms with Crippen molar-refractivity contribution >= 4 is 105 Å². The molecule has 0 radical (unpaired) electrons. The van der Waals surface area contributed by atoms with Crippen molar-refractivity contribution in [1.29, 1.82) is 0 Å². The summed E-state index contributed by atoms with van der Waals surface area (Å²) in [5, 5.41) is 23.0. The zero-order valence-corrected chi connectivity index (χ0v) is 87.1. The molecule has 0 bridgehead atoms. The van der Waals surface area contributed by atoms with Crippen molar-refractivity contribution in [3.63, 3.8) is 0 Å². The van der Waals surface area contributed by atoms with Gasteiger partial charge in [-0.1, -0.05) is 282 Å². The van der Waals surface area contributed by atoms with Crippen molar-refractivity contribution in [1.82, 2.24) is 14.9 Å². The number of hydrogen-bond acceptors (Lipinski definition) is 24. The number of carbonyl (C=O) groups excluding carboxylic acids is 9. The highest BCUT2D eigenvalue weighted by Crippen LogP contribution is 2.41. The standard InChI is InChI=1S/C27H28N2O7.C25H33NO2.C19H21NO2.C16H29NO5.C12H25NO2.C6H13I.C4H4O3/c1-6-15-16-10-14(35-25(32)36-26(3,4)5)8-9-20(16)28-22-17(15)12-29-21(22)11-19-18(23(29)30)13-34-24(31)27(19,33)7-2;1-5-6-7-14-19-22(24(27)28-25(2,3)4)26-23(20-15-10-8-11-16-20)21-17-12-9-13-18-21;1-19(2,3)22-17(21)14-20-18(15-10-6-4-7-11-15)16-12-8-5-9-13-16;1-5-6-7-8-9-12(15(21)22-16(2,3)4)17-13(18)10-11-14(19)20;1-5-6-7-8-9-10(13)11(14)15-12(2,3)4;1-2-3-4-5-6-7;5-3-1-2-4(6)7-3/h8-11,33H,6-7,12-13H2,1-5H3;8-13,15-18,22H,5-7,14,19H2,1-4H3;4-13H,14H2,1-3H3;12H,5-11H2,1-4H3,(H,17,18)(H,19,20);10H,5-9,13H2,1-4H3;2-6H2,1H3;1-2H2/t27-;;;;;;/m0....../s1. The molecule has 10 rings (SSSR count). The average Bonchev–Trinajstić information content (AvgIpc) is 1.58. The quantitative estimate of drug-likeness (QED) is 0.00414. The van der Waals surface area contributed by atoms with Crippen LogP contribution in [0, 0.1) is 0 Å². The number of cyclic esters (lactones) is 3. The second kappa shape index (κ2) is 59.4. The van der Waals surface area contributed by atoms with Gasteiger partial charge in [0, 0.05) is 45.2 Å². The third-order valence-corrected chi connectivity index (χ3v) is 21.5. The van der Waals surface area contributed by atoms with E-state index in [2.05, 4.69) is 65.3 Å². The van der Waals surface area contributed by atoms with E-state index < -0.39 is 93.6 Å². The van der Waals surface area contributed by atoms with Crippen molar-refractivity contribution in [2.24, 2.45) is 15.7 Å². The van der Waals surface area contributed by atoms with E-state index >= 15 is 0 Å². The summed E-state index contributed by atoms with van der Waals surface area (Å²) in [6.45, 7) is 39.9. The number of aliphatic hydroxyl groups is 1. The van der Waals surface area contributed by atoms with Gasteiger partial charge in [-0.15, -0.1) is 0 Å². The number of hydrogen-bond donors (Lipinski definition) is 4. The van der Waals surface area contributed by atoms with Gasteiger partial charge in [0.05, 0.1) is 59.7 Å². The molecule has 5 heterocycles. The smallest absolute Gasteiger partial charge is 0.481 e. The number of esters is 7. The lowest BCUT2D eigenvalue weighted by molar-refractivity contribution is -0.172. The van der Waals surface area contributed by atoms with Crippen molar-refractivity contribution in [3.8, 4) is 17.1 Å². The molecule has 27 nitrogen and oxygen atoms in total. The van der Waals surface area contributed by atoms with Crippen LogP contribution < -0.4 is 21.3 Å². The zero-order valence-electron chi connectivity index (χ0n) is 85.0. The van der Waals surface area contributed by atoms with Crippen LogP contribution in [-0.2, 0) is 101 Å². The molecule has 3 unspecified atom stereocenters. The number of nitrogens with zero attached hydrogens (tertiary/aromatic N) is 4. The maximum atomic E-state index is 13.4. The fraction of sp³-hybridized carbons (Fsp3) is 0.541. The van der Waals surface area contributed by atoms with Crippen molar-refractivity contribution in [3.05, 3.63) is 200 Å². The number of benzene rings is 5. The minimum atomic E-state index is -1.87. The average molecular weight is 2010 g/mol.